The molecular weight excluding hydrogens is 499 g/mol. The minimum atomic E-state index is -0.342. The molecule has 0 spiro atoms. The number of ether oxygens (including phenoxy) is 4. The number of methoxy groups -OCH3 is 1. The summed E-state index contributed by atoms with van der Waals surface area (Å²) < 4.78 is 35.2. The van der Waals surface area contributed by atoms with Crippen molar-refractivity contribution < 1.29 is 32.9 Å². The molecule has 2 aliphatic rings. The minimum absolute atomic E-state index is 0.108. The van der Waals surface area contributed by atoms with Gasteiger partial charge in [0.25, 0.3) is 5.91 Å². The molecule has 0 fully saturated rings. The van der Waals surface area contributed by atoms with E-state index >= 15 is 0 Å². The van der Waals surface area contributed by atoms with E-state index in [1.165, 1.54) is 21.9 Å². The van der Waals surface area contributed by atoms with Crippen LogP contribution in [0, 0.1) is 5.82 Å². The monoisotopic (exact) mass is 526 g/mol. The Morgan fingerprint density at radius 1 is 1.14 bits per heavy atom. The number of amides is 2. The first-order chi connectivity index (χ1) is 18.0. The van der Waals surface area contributed by atoms with Crippen LogP contribution in [0.15, 0.2) is 53.9 Å². The molecule has 37 heavy (non-hydrogen) atoms. The highest BCUT2D eigenvalue weighted by molar-refractivity contribution is 7.10. The van der Waals surface area contributed by atoms with Crippen LogP contribution in [-0.4, -0.2) is 68.4 Å². The van der Waals surface area contributed by atoms with Gasteiger partial charge in [-0.15, -0.1) is 11.3 Å². The molecule has 0 saturated carbocycles. The zero-order valence-corrected chi connectivity index (χ0v) is 21.2. The Bertz CT molecular complexity index is 1260. The van der Waals surface area contributed by atoms with Crippen LogP contribution in [0.1, 0.15) is 26.8 Å². The Balaban J connectivity index is 1.33. The largest absolute Gasteiger partial charge is 0.491 e. The molecule has 0 N–H and O–H groups in total. The van der Waals surface area contributed by atoms with Gasteiger partial charge in [0.15, 0.2) is 11.5 Å². The Morgan fingerprint density at radius 2 is 1.95 bits per heavy atom. The summed E-state index contributed by atoms with van der Waals surface area (Å²) in [5.74, 6) is 0.787. The molecule has 2 aliphatic heterocycles. The van der Waals surface area contributed by atoms with Crippen LogP contribution < -0.4 is 14.2 Å². The maximum absolute atomic E-state index is 13.6. The van der Waals surface area contributed by atoms with Crippen LogP contribution in [0.5, 0.6) is 17.2 Å². The second-order valence-corrected chi connectivity index (χ2v) is 9.71. The van der Waals surface area contributed by atoms with Crippen molar-refractivity contribution in [3.63, 3.8) is 0 Å². The topological polar surface area (TPSA) is 77.5 Å². The van der Waals surface area contributed by atoms with Crippen LogP contribution in [0.3, 0.4) is 0 Å². The number of nitrogens with zero attached hydrogens (tertiary/aromatic N) is 2. The Kier molecular flexibility index (Phi) is 7.57. The number of hydrogen-bond acceptors (Lipinski definition) is 7. The predicted molar refractivity (Wildman–Crippen MR) is 135 cm³/mol. The molecule has 0 aliphatic carbocycles. The summed E-state index contributed by atoms with van der Waals surface area (Å²) >= 11 is 1.66. The van der Waals surface area contributed by atoms with Gasteiger partial charge in [0.1, 0.15) is 24.7 Å². The first-order valence-corrected chi connectivity index (χ1v) is 12.8. The summed E-state index contributed by atoms with van der Waals surface area (Å²) in [7, 11) is 1.55. The van der Waals surface area contributed by atoms with Gasteiger partial charge in [0, 0.05) is 30.6 Å². The number of benzene rings is 2. The fourth-order valence-corrected chi connectivity index (χ4v) is 5.43. The molecular formula is C27H27FN2O6S. The zero-order valence-electron chi connectivity index (χ0n) is 20.4. The van der Waals surface area contributed by atoms with E-state index in [2.05, 4.69) is 0 Å². The van der Waals surface area contributed by atoms with Crippen molar-refractivity contribution in [2.24, 2.45) is 0 Å². The predicted octanol–water partition coefficient (Wildman–Crippen LogP) is 3.91. The molecule has 2 amide bonds. The number of halogens is 1. The van der Waals surface area contributed by atoms with Gasteiger partial charge >= 0.3 is 0 Å². The Hall–Kier alpha value is -3.63. The van der Waals surface area contributed by atoms with Crippen LogP contribution in [0.4, 0.5) is 4.39 Å². The van der Waals surface area contributed by atoms with Gasteiger partial charge in [0.2, 0.25) is 12.7 Å². The Labute approximate surface area is 218 Å². The molecule has 0 radical (unpaired) electrons. The quantitative estimate of drug-likeness (QED) is 0.421. The van der Waals surface area contributed by atoms with E-state index in [9.17, 15) is 14.0 Å². The normalized spacial score (nSPS) is 15.8. The van der Waals surface area contributed by atoms with Gasteiger partial charge in [-0.2, -0.15) is 0 Å². The van der Waals surface area contributed by atoms with Crippen molar-refractivity contribution >= 4 is 23.2 Å². The summed E-state index contributed by atoms with van der Waals surface area (Å²) in [4.78, 5) is 31.5. The molecule has 8 nitrogen and oxygen atoms in total. The third kappa shape index (κ3) is 5.55. The van der Waals surface area contributed by atoms with Crippen LogP contribution >= 0.6 is 11.3 Å². The third-order valence-corrected chi connectivity index (χ3v) is 7.43. The van der Waals surface area contributed by atoms with Gasteiger partial charge in [-0.3, -0.25) is 9.59 Å². The number of fused-ring (bicyclic) bond motifs is 2. The van der Waals surface area contributed by atoms with E-state index in [0.29, 0.717) is 29.4 Å². The average molecular weight is 527 g/mol. The van der Waals surface area contributed by atoms with Gasteiger partial charge in [-0.05, 0) is 65.9 Å². The van der Waals surface area contributed by atoms with Crippen LogP contribution in [0.2, 0.25) is 0 Å². The number of carbonyl (C=O) groups excluding carboxylic acids is 2. The second kappa shape index (κ2) is 11.2. The Morgan fingerprint density at radius 3 is 2.76 bits per heavy atom. The van der Waals surface area contributed by atoms with E-state index in [1.54, 1.807) is 53.7 Å². The highest BCUT2D eigenvalue weighted by Gasteiger charge is 2.34. The molecule has 10 heteroatoms. The van der Waals surface area contributed by atoms with Gasteiger partial charge in [-0.1, -0.05) is 0 Å². The fourth-order valence-electron chi connectivity index (χ4n) is 4.50. The van der Waals surface area contributed by atoms with Gasteiger partial charge in [0.05, 0.1) is 12.6 Å². The molecule has 5 rings (SSSR count). The van der Waals surface area contributed by atoms with Crippen molar-refractivity contribution in [3.8, 4) is 17.2 Å². The second-order valence-electron chi connectivity index (χ2n) is 8.70. The fraction of sp³-hybridized carbons (Fsp3) is 0.333. The summed E-state index contributed by atoms with van der Waals surface area (Å²) in [5.41, 5.74) is 1.44. The molecule has 2 aromatic carbocycles. The molecule has 1 unspecified atom stereocenters. The van der Waals surface area contributed by atoms with E-state index in [4.69, 9.17) is 18.9 Å². The summed E-state index contributed by atoms with van der Waals surface area (Å²) in [6.45, 7) is 1.28. The molecule has 0 bridgehead atoms. The van der Waals surface area contributed by atoms with Crippen LogP contribution in [-0.2, 0) is 16.0 Å². The molecule has 0 saturated heterocycles. The number of hydrogen-bond donors (Lipinski definition) is 0. The maximum Gasteiger partial charge on any atom is 0.254 e. The number of carbonyl (C=O) groups is 2. The third-order valence-electron chi connectivity index (χ3n) is 6.43. The molecule has 3 aromatic rings. The average Bonchev–Trinajstić information content (AvgIpc) is 3.59. The van der Waals surface area contributed by atoms with Crippen molar-refractivity contribution in [2.45, 2.75) is 12.5 Å². The number of thiophene rings is 1. The van der Waals surface area contributed by atoms with Gasteiger partial charge in [-0.25, -0.2) is 4.39 Å². The van der Waals surface area contributed by atoms with Crippen molar-refractivity contribution in [3.05, 3.63) is 75.7 Å². The lowest BCUT2D eigenvalue weighted by Gasteiger charge is -2.37. The first kappa shape index (κ1) is 25.0. The smallest absolute Gasteiger partial charge is 0.254 e. The molecule has 1 atom stereocenters. The van der Waals surface area contributed by atoms with E-state index in [0.717, 1.165) is 12.0 Å². The summed E-state index contributed by atoms with van der Waals surface area (Å²) in [6, 6.07) is 12.5. The van der Waals surface area contributed by atoms with Crippen molar-refractivity contribution in [1.29, 1.82) is 0 Å². The highest BCUT2D eigenvalue weighted by atomic mass is 32.1. The highest BCUT2D eigenvalue weighted by Crippen LogP contribution is 2.35. The zero-order chi connectivity index (χ0) is 25.8. The standard InChI is InChI=1S/C27H27FN2O6S/c1-33-12-11-29(27(32)18-2-7-23-24(14-18)36-17-35-23)15-26(31)30-10-8-25-21(9-13-37-25)22(30)16-34-20-5-3-19(28)4-6-20/h2-7,9,13-14,22H,8,10-12,15-17H2,1H3. The van der Waals surface area contributed by atoms with Crippen molar-refractivity contribution in [2.75, 3.05) is 46.8 Å². The maximum atomic E-state index is 13.6. The SMILES string of the molecule is COCCN(CC(=O)N1CCc2sccc2C1COc1ccc(F)cc1)C(=O)c1ccc2c(c1)OCO2. The number of rotatable bonds is 9. The van der Waals surface area contributed by atoms with E-state index < -0.39 is 0 Å². The molecule has 194 valence electrons. The van der Waals surface area contributed by atoms with Crippen molar-refractivity contribution in [1.82, 2.24) is 9.80 Å². The lowest BCUT2D eigenvalue weighted by molar-refractivity contribution is -0.135. The lowest BCUT2D eigenvalue weighted by Crippen LogP contribution is -2.48. The van der Waals surface area contributed by atoms with Gasteiger partial charge < -0.3 is 28.7 Å². The van der Waals surface area contributed by atoms with Crippen LogP contribution in [0.25, 0.3) is 0 Å². The minimum Gasteiger partial charge on any atom is -0.491 e. The summed E-state index contributed by atoms with van der Waals surface area (Å²) in [5, 5.41) is 2.01. The molecule has 1 aromatic heterocycles. The molecule has 3 heterocycles. The van der Waals surface area contributed by atoms with E-state index in [1.807, 2.05) is 11.4 Å². The first-order valence-electron chi connectivity index (χ1n) is 12.0. The lowest BCUT2D eigenvalue weighted by atomic mass is 10.0. The summed E-state index contributed by atoms with van der Waals surface area (Å²) in [6.07, 6.45) is 0.736. The van der Waals surface area contributed by atoms with E-state index in [-0.39, 0.29) is 56.8 Å².